The third kappa shape index (κ3) is 5.14. The summed E-state index contributed by atoms with van der Waals surface area (Å²) in [5, 5.41) is 0. The molecule has 0 aromatic carbocycles. The van der Waals surface area contributed by atoms with Gasteiger partial charge in [-0.3, -0.25) is 19.4 Å². The van der Waals surface area contributed by atoms with Gasteiger partial charge in [0.25, 0.3) is 0 Å². The van der Waals surface area contributed by atoms with Crippen LogP contribution in [0.4, 0.5) is 0 Å². The number of Topliss-reactive ketones (excluding diaryl/α,β-unsaturated/α-hetero) is 1. The van der Waals surface area contributed by atoms with Gasteiger partial charge in [-0.05, 0) is 20.8 Å². The van der Waals surface area contributed by atoms with Crippen molar-refractivity contribution in [3.05, 3.63) is 0 Å². The Hall–Kier alpha value is -0.940. The van der Waals surface area contributed by atoms with Crippen LogP contribution in [0.5, 0.6) is 0 Å². The normalized spacial score (nSPS) is 18.0. The molecule has 0 aliphatic carbocycles. The molecule has 1 heterocycles. The molecule has 104 valence electrons. The first-order valence-electron chi connectivity index (χ1n) is 6.66. The highest BCUT2D eigenvalue weighted by atomic mass is 16.5. The molecule has 1 aliphatic rings. The molecular weight excluding hydrogens is 232 g/mol. The van der Waals surface area contributed by atoms with Crippen molar-refractivity contribution in [1.82, 2.24) is 9.80 Å². The van der Waals surface area contributed by atoms with Crippen LogP contribution >= 0.6 is 0 Å². The molecule has 0 aromatic heterocycles. The number of ether oxygens (including phenoxy) is 1. The Morgan fingerprint density at radius 2 is 1.78 bits per heavy atom. The van der Waals surface area contributed by atoms with E-state index >= 15 is 0 Å². The molecule has 0 amide bonds. The third-order valence-electron chi connectivity index (χ3n) is 3.18. The molecule has 0 saturated carbocycles. The first-order chi connectivity index (χ1) is 8.52. The summed E-state index contributed by atoms with van der Waals surface area (Å²) in [6.07, 6.45) is -0.0990. The lowest BCUT2D eigenvalue weighted by Crippen LogP contribution is -2.50. The molecule has 0 unspecified atom stereocenters. The van der Waals surface area contributed by atoms with E-state index < -0.39 is 5.97 Å². The second-order valence-corrected chi connectivity index (χ2v) is 4.93. The summed E-state index contributed by atoms with van der Waals surface area (Å²) < 4.78 is 4.76. The molecule has 0 atom stereocenters. The predicted molar refractivity (Wildman–Crippen MR) is 69.4 cm³/mol. The summed E-state index contributed by atoms with van der Waals surface area (Å²) in [4.78, 5) is 27.3. The van der Waals surface area contributed by atoms with Gasteiger partial charge in [0.15, 0.2) is 5.78 Å². The van der Waals surface area contributed by atoms with Crippen molar-refractivity contribution in [1.29, 1.82) is 0 Å². The summed E-state index contributed by atoms with van der Waals surface area (Å²) in [6.45, 7) is 10.6. The second kappa shape index (κ2) is 7.48. The van der Waals surface area contributed by atoms with E-state index in [0.717, 1.165) is 26.2 Å². The zero-order valence-electron chi connectivity index (χ0n) is 11.6. The van der Waals surface area contributed by atoms with E-state index in [0.29, 0.717) is 19.2 Å². The molecule has 0 bridgehead atoms. The van der Waals surface area contributed by atoms with Gasteiger partial charge >= 0.3 is 5.97 Å². The molecule has 0 radical (unpaired) electrons. The van der Waals surface area contributed by atoms with Gasteiger partial charge in [0.2, 0.25) is 0 Å². The van der Waals surface area contributed by atoms with Crippen molar-refractivity contribution >= 4 is 11.8 Å². The van der Waals surface area contributed by atoms with Crippen LogP contribution in [0.3, 0.4) is 0 Å². The monoisotopic (exact) mass is 256 g/mol. The number of nitrogens with zero attached hydrogens (tertiary/aromatic N) is 2. The Morgan fingerprint density at radius 3 is 2.28 bits per heavy atom. The predicted octanol–water partition coefficient (Wildman–Crippen LogP) is 0.535. The Kier molecular flexibility index (Phi) is 6.29. The highest BCUT2D eigenvalue weighted by Crippen LogP contribution is 2.06. The van der Waals surface area contributed by atoms with Gasteiger partial charge in [-0.15, -0.1) is 0 Å². The Morgan fingerprint density at radius 1 is 1.17 bits per heavy atom. The van der Waals surface area contributed by atoms with Gasteiger partial charge in [-0.25, -0.2) is 0 Å². The minimum absolute atomic E-state index is 0.0496. The van der Waals surface area contributed by atoms with Crippen molar-refractivity contribution in [3.8, 4) is 0 Å². The number of hydrogen-bond donors (Lipinski definition) is 0. The second-order valence-electron chi connectivity index (χ2n) is 4.93. The molecule has 0 N–H and O–H groups in total. The van der Waals surface area contributed by atoms with Crippen LogP contribution in [0.1, 0.15) is 27.2 Å². The smallest absolute Gasteiger partial charge is 0.313 e. The topological polar surface area (TPSA) is 49.9 Å². The summed E-state index contributed by atoms with van der Waals surface area (Å²) >= 11 is 0. The average Bonchev–Trinajstić information content (AvgIpc) is 2.29. The Balaban J connectivity index is 2.24. The van der Waals surface area contributed by atoms with Gasteiger partial charge < -0.3 is 4.74 Å². The fraction of sp³-hybridized carbons (Fsp3) is 0.846. The lowest BCUT2D eigenvalue weighted by atomic mass is 10.2. The van der Waals surface area contributed by atoms with E-state index in [1.54, 1.807) is 6.92 Å². The summed E-state index contributed by atoms with van der Waals surface area (Å²) in [6, 6.07) is 0.558. The number of carbonyl (C=O) groups is 2. The maximum Gasteiger partial charge on any atom is 0.313 e. The lowest BCUT2D eigenvalue weighted by Gasteiger charge is -2.36. The van der Waals surface area contributed by atoms with E-state index in [1.165, 1.54) is 0 Å². The van der Waals surface area contributed by atoms with Crippen LogP contribution in [0.25, 0.3) is 0 Å². The zero-order valence-corrected chi connectivity index (χ0v) is 11.6. The first kappa shape index (κ1) is 15.1. The van der Waals surface area contributed by atoms with Gasteiger partial charge in [0.05, 0.1) is 13.2 Å². The average molecular weight is 256 g/mol. The molecule has 1 fully saturated rings. The molecule has 1 saturated heterocycles. The van der Waals surface area contributed by atoms with Gasteiger partial charge in [0, 0.05) is 32.2 Å². The van der Waals surface area contributed by atoms with Crippen molar-refractivity contribution in [2.45, 2.75) is 33.2 Å². The van der Waals surface area contributed by atoms with Crippen LogP contribution < -0.4 is 0 Å². The number of ketones is 1. The molecule has 1 rings (SSSR count). The molecule has 18 heavy (non-hydrogen) atoms. The van der Waals surface area contributed by atoms with Gasteiger partial charge in [-0.1, -0.05) is 0 Å². The first-order valence-corrected chi connectivity index (χ1v) is 6.66. The van der Waals surface area contributed by atoms with E-state index in [-0.39, 0.29) is 12.2 Å². The highest BCUT2D eigenvalue weighted by Gasteiger charge is 2.21. The van der Waals surface area contributed by atoms with Crippen molar-refractivity contribution in [3.63, 3.8) is 0 Å². The fourth-order valence-electron chi connectivity index (χ4n) is 2.12. The quantitative estimate of drug-likeness (QED) is 0.513. The molecule has 0 aromatic rings. The summed E-state index contributed by atoms with van der Waals surface area (Å²) in [5.74, 6) is -0.463. The summed E-state index contributed by atoms with van der Waals surface area (Å²) in [7, 11) is 0. The summed E-state index contributed by atoms with van der Waals surface area (Å²) in [5.41, 5.74) is 0. The van der Waals surface area contributed by atoms with Crippen molar-refractivity contribution in [2.75, 3.05) is 39.3 Å². The molecule has 1 aliphatic heterocycles. The Bertz CT molecular complexity index is 284. The zero-order chi connectivity index (χ0) is 13.5. The van der Waals surface area contributed by atoms with Gasteiger partial charge in [-0.2, -0.15) is 0 Å². The molecule has 0 spiro atoms. The van der Waals surface area contributed by atoms with Gasteiger partial charge in [0.1, 0.15) is 6.42 Å². The molecular formula is C13H24N2O3. The highest BCUT2D eigenvalue weighted by molar-refractivity contribution is 5.96. The van der Waals surface area contributed by atoms with Crippen LogP contribution in [-0.2, 0) is 14.3 Å². The van der Waals surface area contributed by atoms with E-state index in [2.05, 4.69) is 23.6 Å². The number of carbonyl (C=O) groups excluding carboxylic acids is 2. The molecule has 5 heteroatoms. The number of piperazine rings is 1. The van der Waals surface area contributed by atoms with E-state index in [1.807, 2.05) is 0 Å². The SMILES string of the molecule is CCOC(=O)CC(=O)CN1CCN(C(C)C)CC1. The standard InChI is InChI=1S/C13H24N2O3/c1-4-18-13(17)9-12(16)10-14-5-7-15(8-6-14)11(2)3/h11H,4-10H2,1-3H3. The Labute approximate surface area is 109 Å². The van der Waals surface area contributed by atoms with Crippen LogP contribution in [0, 0.1) is 0 Å². The molecule has 5 nitrogen and oxygen atoms in total. The van der Waals surface area contributed by atoms with Crippen molar-refractivity contribution < 1.29 is 14.3 Å². The number of esters is 1. The minimum atomic E-state index is -0.414. The largest absolute Gasteiger partial charge is 0.466 e. The maximum atomic E-state index is 11.7. The number of hydrogen-bond acceptors (Lipinski definition) is 5. The van der Waals surface area contributed by atoms with Crippen LogP contribution in [-0.4, -0.2) is 66.9 Å². The third-order valence-corrected chi connectivity index (χ3v) is 3.18. The minimum Gasteiger partial charge on any atom is -0.466 e. The van der Waals surface area contributed by atoms with E-state index in [4.69, 9.17) is 4.74 Å². The van der Waals surface area contributed by atoms with Crippen LogP contribution in [0.2, 0.25) is 0 Å². The maximum absolute atomic E-state index is 11.7. The van der Waals surface area contributed by atoms with Crippen molar-refractivity contribution in [2.24, 2.45) is 0 Å². The van der Waals surface area contributed by atoms with Crippen LogP contribution in [0.15, 0.2) is 0 Å². The fourth-order valence-corrected chi connectivity index (χ4v) is 2.12. The van der Waals surface area contributed by atoms with E-state index in [9.17, 15) is 9.59 Å². The lowest BCUT2D eigenvalue weighted by molar-refractivity contribution is -0.145. The number of rotatable bonds is 6.